The molecule has 0 saturated heterocycles. The van der Waals surface area contributed by atoms with Crippen molar-refractivity contribution in [2.75, 3.05) is 5.32 Å². The molecule has 3 rings (SSSR count). The minimum atomic E-state index is -0.849. The Morgan fingerprint density at radius 2 is 1.59 bits per heavy atom. The van der Waals surface area contributed by atoms with Gasteiger partial charge in [0.25, 0.3) is 0 Å². The molecule has 0 aliphatic carbocycles. The number of nitrogens with zero attached hydrogens (tertiary/aromatic N) is 1. The molecular weight excluding hydrogens is 366 g/mol. The molecule has 0 aromatic heterocycles. The van der Waals surface area contributed by atoms with Crippen LogP contribution in [0.25, 0.3) is 0 Å². The fourth-order valence-electron chi connectivity index (χ4n) is 2.43. The lowest BCUT2D eigenvalue weighted by Crippen LogP contribution is -2.32. The highest BCUT2D eigenvalue weighted by Gasteiger charge is 2.12. The third kappa shape index (κ3) is 6.32. The molecule has 0 aliphatic rings. The molecule has 6 nitrogen and oxygen atoms in total. The van der Waals surface area contributed by atoms with Gasteiger partial charge in [-0.15, -0.1) is 0 Å². The molecule has 2 amide bonds. The molecule has 0 heterocycles. The summed E-state index contributed by atoms with van der Waals surface area (Å²) in [6.45, 7) is 2.43. The second kappa shape index (κ2) is 9.85. The van der Waals surface area contributed by atoms with E-state index in [9.17, 15) is 9.59 Å². The van der Waals surface area contributed by atoms with Crippen LogP contribution >= 0.6 is 0 Å². The van der Waals surface area contributed by atoms with Crippen molar-refractivity contribution in [3.63, 3.8) is 0 Å². The molecule has 6 heteroatoms. The van der Waals surface area contributed by atoms with Crippen molar-refractivity contribution in [2.24, 2.45) is 5.10 Å². The van der Waals surface area contributed by atoms with Crippen LogP contribution in [0.3, 0.4) is 0 Å². The highest BCUT2D eigenvalue weighted by molar-refractivity contribution is 6.39. The van der Waals surface area contributed by atoms with Crippen LogP contribution in [0, 0.1) is 6.92 Å². The van der Waals surface area contributed by atoms with E-state index in [4.69, 9.17) is 4.74 Å². The number of ether oxygens (including phenoxy) is 1. The van der Waals surface area contributed by atoms with E-state index < -0.39 is 11.8 Å². The predicted octanol–water partition coefficient (Wildman–Crippen LogP) is 3.66. The highest BCUT2D eigenvalue weighted by atomic mass is 16.5. The molecule has 0 bridgehead atoms. The minimum Gasteiger partial charge on any atom is -0.489 e. The van der Waals surface area contributed by atoms with Gasteiger partial charge in [-0.3, -0.25) is 9.59 Å². The zero-order valence-electron chi connectivity index (χ0n) is 16.0. The molecule has 0 spiro atoms. The Balaban J connectivity index is 1.46. The fourth-order valence-corrected chi connectivity index (χ4v) is 2.43. The summed E-state index contributed by atoms with van der Waals surface area (Å²) in [5.74, 6) is -0.985. The number of hydrazone groups is 1. The number of rotatable bonds is 6. The number of hydrogen-bond acceptors (Lipinski definition) is 4. The molecule has 0 radical (unpaired) electrons. The molecule has 0 saturated carbocycles. The Labute approximate surface area is 169 Å². The maximum Gasteiger partial charge on any atom is 0.329 e. The first-order chi connectivity index (χ1) is 14.1. The third-order valence-electron chi connectivity index (χ3n) is 4.02. The Hall–Kier alpha value is -3.93. The van der Waals surface area contributed by atoms with Gasteiger partial charge in [-0.1, -0.05) is 60.2 Å². The van der Waals surface area contributed by atoms with Crippen molar-refractivity contribution in [3.05, 3.63) is 95.6 Å². The summed E-state index contributed by atoms with van der Waals surface area (Å²) in [6, 6.07) is 24.2. The van der Waals surface area contributed by atoms with E-state index in [1.807, 2.05) is 61.5 Å². The van der Waals surface area contributed by atoms with Crippen LogP contribution in [-0.2, 0) is 16.2 Å². The molecule has 0 aliphatic heterocycles. The van der Waals surface area contributed by atoms with Crippen molar-refractivity contribution in [3.8, 4) is 5.75 Å². The lowest BCUT2D eigenvalue weighted by atomic mass is 10.2. The highest BCUT2D eigenvalue weighted by Crippen LogP contribution is 2.17. The van der Waals surface area contributed by atoms with Crippen LogP contribution in [0.2, 0.25) is 0 Å². The van der Waals surface area contributed by atoms with Gasteiger partial charge in [0.15, 0.2) is 0 Å². The van der Waals surface area contributed by atoms with Crippen LogP contribution in [0.4, 0.5) is 5.69 Å². The van der Waals surface area contributed by atoms with E-state index in [2.05, 4.69) is 15.8 Å². The van der Waals surface area contributed by atoms with E-state index in [1.165, 1.54) is 6.21 Å². The average Bonchev–Trinajstić information content (AvgIpc) is 2.75. The largest absolute Gasteiger partial charge is 0.489 e. The van der Waals surface area contributed by atoms with Crippen LogP contribution in [0.15, 0.2) is 84.0 Å². The van der Waals surface area contributed by atoms with E-state index >= 15 is 0 Å². The Bertz CT molecular complexity index is 982. The zero-order valence-corrected chi connectivity index (χ0v) is 16.0. The Morgan fingerprint density at radius 1 is 0.897 bits per heavy atom. The van der Waals surface area contributed by atoms with Crippen molar-refractivity contribution >= 4 is 23.7 Å². The number of benzene rings is 3. The molecule has 3 aromatic carbocycles. The number of aryl methyl sites for hydroxylation is 1. The zero-order chi connectivity index (χ0) is 20.5. The first-order valence-corrected chi connectivity index (χ1v) is 9.08. The maximum absolute atomic E-state index is 12.0. The van der Waals surface area contributed by atoms with Crippen molar-refractivity contribution in [1.82, 2.24) is 5.43 Å². The standard InChI is InChI=1S/C23H21N3O3/c1-17-7-9-18(10-8-17)15-24-26-23(28)22(27)25-20-11-13-21(14-12-20)29-16-19-5-3-2-4-6-19/h2-15H,16H2,1H3,(H,25,27)(H,26,28)/b24-15-. The van der Waals surface area contributed by atoms with Gasteiger partial charge in [-0.2, -0.15) is 5.10 Å². The number of hydrogen-bond donors (Lipinski definition) is 2. The second-order valence-corrected chi connectivity index (χ2v) is 6.36. The van der Waals surface area contributed by atoms with Gasteiger partial charge in [-0.25, -0.2) is 5.43 Å². The van der Waals surface area contributed by atoms with E-state index in [0.29, 0.717) is 18.0 Å². The third-order valence-corrected chi connectivity index (χ3v) is 4.02. The maximum atomic E-state index is 12.0. The van der Waals surface area contributed by atoms with Gasteiger partial charge in [0.05, 0.1) is 6.21 Å². The van der Waals surface area contributed by atoms with Crippen LogP contribution < -0.4 is 15.5 Å². The SMILES string of the molecule is Cc1ccc(/C=N\NC(=O)C(=O)Nc2ccc(OCc3ccccc3)cc2)cc1. The normalized spacial score (nSPS) is 10.5. The van der Waals surface area contributed by atoms with Gasteiger partial charge < -0.3 is 10.1 Å². The first-order valence-electron chi connectivity index (χ1n) is 9.08. The summed E-state index contributed by atoms with van der Waals surface area (Å²) in [6.07, 6.45) is 1.48. The molecule has 146 valence electrons. The summed E-state index contributed by atoms with van der Waals surface area (Å²) in [5, 5.41) is 6.31. The summed E-state index contributed by atoms with van der Waals surface area (Å²) in [7, 11) is 0. The molecular formula is C23H21N3O3. The number of carbonyl (C=O) groups is 2. The van der Waals surface area contributed by atoms with E-state index in [1.54, 1.807) is 24.3 Å². The molecule has 0 unspecified atom stereocenters. The molecule has 0 fully saturated rings. The monoisotopic (exact) mass is 387 g/mol. The number of carbonyl (C=O) groups excluding carboxylic acids is 2. The van der Waals surface area contributed by atoms with Gasteiger partial charge in [0, 0.05) is 5.69 Å². The topological polar surface area (TPSA) is 79.8 Å². The summed E-state index contributed by atoms with van der Waals surface area (Å²) >= 11 is 0. The van der Waals surface area contributed by atoms with Crippen molar-refractivity contribution < 1.29 is 14.3 Å². The smallest absolute Gasteiger partial charge is 0.329 e. The predicted molar refractivity (Wildman–Crippen MR) is 113 cm³/mol. The Morgan fingerprint density at radius 3 is 2.28 bits per heavy atom. The van der Waals surface area contributed by atoms with Crippen molar-refractivity contribution in [2.45, 2.75) is 13.5 Å². The number of anilines is 1. The summed E-state index contributed by atoms with van der Waals surface area (Å²) in [4.78, 5) is 23.8. The van der Waals surface area contributed by atoms with E-state index in [-0.39, 0.29) is 0 Å². The van der Waals surface area contributed by atoms with Gasteiger partial charge in [0.1, 0.15) is 12.4 Å². The van der Waals surface area contributed by atoms with Gasteiger partial charge in [-0.05, 0) is 42.3 Å². The lowest BCUT2D eigenvalue weighted by Gasteiger charge is -2.08. The first kappa shape index (κ1) is 19.8. The number of amides is 2. The minimum absolute atomic E-state index is 0.452. The quantitative estimate of drug-likeness (QED) is 0.385. The number of nitrogens with one attached hydrogen (secondary N) is 2. The Kier molecular flexibility index (Phi) is 6.73. The van der Waals surface area contributed by atoms with E-state index in [0.717, 1.165) is 16.7 Å². The van der Waals surface area contributed by atoms with Crippen LogP contribution in [0.1, 0.15) is 16.7 Å². The fraction of sp³-hybridized carbons (Fsp3) is 0.0870. The summed E-state index contributed by atoms with van der Waals surface area (Å²) < 4.78 is 5.69. The molecule has 29 heavy (non-hydrogen) atoms. The van der Waals surface area contributed by atoms with Crippen LogP contribution in [0.5, 0.6) is 5.75 Å². The van der Waals surface area contributed by atoms with Gasteiger partial charge in [0.2, 0.25) is 0 Å². The lowest BCUT2D eigenvalue weighted by molar-refractivity contribution is -0.136. The van der Waals surface area contributed by atoms with Crippen molar-refractivity contribution in [1.29, 1.82) is 0 Å². The average molecular weight is 387 g/mol. The molecule has 0 atom stereocenters. The molecule has 3 aromatic rings. The summed E-state index contributed by atoms with van der Waals surface area (Å²) in [5.41, 5.74) is 5.71. The second-order valence-electron chi connectivity index (χ2n) is 6.36. The van der Waals surface area contributed by atoms with Gasteiger partial charge >= 0.3 is 11.8 Å². The van der Waals surface area contributed by atoms with Crippen LogP contribution in [-0.4, -0.2) is 18.0 Å². The molecule has 2 N–H and O–H groups in total.